The van der Waals surface area contributed by atoms with Crippen LogP contribution in [0.2, 0.25) is 5.02 Å². The van der Waals surface area contributed by atoms with Crippen LogP contribution in [0, 0.1) is 6.92 Å². The summed E-state index contributed by atoms with van der Waals surface area (Å²) < 4.78 is 5.39. The van der Waals surface area contributed by atoms with Crippen molar-refractivity contribution in [1.82, 2.24) is 0 Å². The molecule has 0 unspecified atom stereocenters. The zero-order chi connectivity index (χ0) is 14.3. The molecule has 0 heterocycles. The van der Waals surface area contributed by atoms with Crippen LogP contribution >= 0.6 is 11.6 Å². The van der Waals surface area contributed by atoms with Crippen LogP contribution < -0.4 is 10.6 Å². The molecule has 5 nitrogen and oxygen atoms in total. The highest BCUT2D eigenvalue weighted by Crippen LogP contribution is 2.21. The molecule has 0 bridgehead atoms. The number of carbonyl (C=O) groups is 2. The molecule has 0 saturated carbocycles. The van der Waals surface area contributed by atoms with Crippen LogP contribution in [0.25, 0.3) is 0 Å². The minimum absolute atomic E-state index is 0.0276. The number of nitrogens with two attached hydrogens (primary N) is 1. The zero-order valence-electron chi connectivity index (χ0n) is 10.6. The lowest BCUT2D eigenvalue weighted by molar-refractivity contribution is -0.144. The molecule has 0 aliphatic heterocycles. The largest absolute Gasteiger partial charge is 0.486 e. The molecule has 0 atom stereocenters. The van der Waals surface area contributed by atoms with E-state index in [1.165, 1.54) is 0 Å². The molecule has 1 aromatic rings. The van der Waals surface area contributed by atoms with E-state index in [2.05, 4.69) is 10.7 Å². The molecule has 0 saturated heterocycles. The van der Waals surface area contributed by atoms with Gasteiger partial charge in [-0.05, 0) is 37.1 Å². The number of aryl methyl sites for hydroxylation is 1. The fourth-order valence-corrected chi connectivity index (χ4v) is 1.72. The Labute approximate surface area is 116 Å². The second-order valence-corrected chi connectivity index (χ2v) is 4.52. The van der Waals surface area contributed by atoms with Crippen molar-refractivity contribution in [3.05, 3.63) is 28.8 Å². The highest BCUT2D eigenvalue weighted by atomic mass is 35.5. The molecular weight excluding hydrogens is 270 g/mol. The number of hydrogen-bond donors (Lipinski definition) is 1. The van der Waals surface area contributed by atoms with E-state index in [1.807, 2.05) is 6.92 Å². The highest BCUT2D eigenvalue weighted by Gasteiger charge is 2.07. The van der Waals surface area contributed by atoms with Crippen molar-refractivity contribution >= 4 is 23.4 Å². The molecule has 2 N–H and O–H groups in total. The molecule has 1 aromatic carbocycles. The van der Waals surface area contributed by atoms with Crippen molar-refractivity contribution in [3.63, 3.8) is 0 Å². The fraction of sp³-hybridized carbons (Fsp3) is 0.385. The van der Waals surface area contributed by atoms with Gasteiger partial charge in [0.25, 0.3) is 0 Å². The van der Waals surface area contributed by atoms with Gasteiger partial charge in [-0.2, -0.15) is 5.90 Å². The summed E-state index contributed by atoms with van der Waals surface area (Å²) in [5.41, 5.74) is 0.868. The topological polar surface area (TPSA) is 78.6 Å². The molecule has 0 aliphatic carbocycles. The molecule has 0 amide bonds. The number of halogens is 1. The number of carbonyl (C=O) groups excluding carboxylic acids is 2. The van der Waals surface area contributed by atoms with Gasteiger partial charge in [0.15, 0.2) is 5.78 Å². The molecule has 1 rings (SSSR count). The van der Waals surface area contributed by atoms with Crippen LogP contribution in [0.4, 0.5) is 0 Å². The molecule has 6 heteroatoms. The minimum atomic E-state index is -0.526. The number of rotatable bonds is 7. The predicted octanol–water partition coefficient (Wildman–Crippen LogP) is 2.18. The Bertz CT molecular complexity index is 462. The van der Waals surface area contributed by atoms with Crippen LogP contribution in [0.5, 0.6) is 5.75 Å². The maximum absolute atomic E-state index is 11.5. The summed E-state index contributed by atoms with van der Waals surface area (Å²) in [6, 6.07) is 5.18. The molecule has 0 spiro atoms. The van der Waals surface area contributed by atoms with Crippen molar-refractivity contribution in [2.45, 2.75) is 26.2 Å². The normalized spacial score (nSPS) is 10.1. The summed E-state index contributed by atoms with van der Waals surface area (Å²) in [5, 5.41) is 0.622. The molecule has 0 aromatic heterocycles. The average molecular weight is 286 g/mol. The monoisotopic (exact) mass is 285 g/mol. The van der Waals surface area contributed by atoms with Crippen molar-refractivity contribution in [1.29, 1.82) is 0 Å². The lowest BCUT2D eigenvalue weighted by Gasteiger charge is -2.08. The summed E-state index contributed by atoms with van der Waals surface area (Å²) in [6.07, 6.45) is 0.780. The van der Waals surface area contributed by atoms with Gasteiger partial charge >= 0.3 is 5.97 Å². The fourth-order valence-electron chi connectivity index (χ4n) is 1.49. The first kappa shape index (κ1) is 15.5. The Morgan fingerprint density at radius 1 is 1.32 bits per heavy atom. The second-order valence-electron chi connectivity index (χ2n) is 4.08. The third kappa shape index (κ3) is 5.72. The lowest BCUT2D eigenvalue weighted by atomic mass is 10.2. The van der Waals surface area contributed by atoms with E-state index in [-0.39, 0.29) is 25.2 Å². The van der Waals surface area contributed by atoms with Crippen LogP contribution in [0.3, 0.4) is 0 Å². The highest BCUT2D eigenvalue weighted by molar-refractivity contribution is 6.30. The van der Waals surface area contributed by atoms with Gasteiger partial charge in [0.2, 0.25) is 0 Å². The summed E-state index contributed by atoms with van der Waals surface area (Å²) in [5.74, 6) is 4.70. The molecule has 0 radical (unpaired) electrons. The van der Waals surface area contributed by atoms with Crippen molar-refractivity contribution in [2.75, 3.05) is 6.61 Å². The van der Waals surface area contributed by atoms with Gasteiger partial charge in [-0.25, -0.2) is 0 Å². The molecule has 0 aliphatic rings. The molecular formula is C13H16ClNO4. The molecule has 19 heavy (non-hydrogen) atoms. The lowest BCUT2D eigenvalue weighted by Crippen LogP contribution is -2.13. The van der Waals surface area contributed by atoms with Crippen LogP contribution in [0.1, 0.15) is 24.8 Å². The van der Waals surface area contributed by atoms with Crippen LogP contribution in [-0.2, 0) is 14.4 Å². The summed E-state index contributed by atoms with van der Waals surface area (Å²) >= 11 is 5.82. The van der Waals surface area contributed by atoms with Gasteiger partial charge in [-0.1, -0.05) is 11.6 Å². The van der Waals surface area contributed by atoms with E-state index in [4.69, 9.17) is 16.3 Å². The molecule has 104 valence electrons. The first-order chi connectivity index (χ1) is 9.02. The van der Waals surface area contributed by atoms with Gasteiger partial charge in [-0.3, -0.25) is 9.59 Å². The third-order valence-corrected chi connectivity index (χ3v) is 2.73. The van der Waals surface area contributed by atoms with E-state index in [1.54, 1.807) is 18.2 Å². The third-order valence-electron chi connectivity index (χ3n) is 2.49. The van der Waals surface area contributed by atoms with Crippen molar-refractivity contribution in [2.24, 2.45) is 5.90 Å². The van der Waals surface area contributed by atoms with Gasteiger partial charge < -0.3 is 9.57 Å². The van der Waals surface area contributed by atoms with Crippen molar-refractivity contribution in [3.8, 4) is 5.75 Å². The maximum atomic E-state index is 11.5. The van der Waals surface area contributed by atoms with E-state index in [0.717, 1.165) is 5.56 Å². The van der Waals surface area contributed by atoms with Crippen LogP contribution in [-0.4, -0.2) is 18.4 Å². The van der Waals surface area contributed by atoms with E-state index in [0.29, 0.717) is 17.2 Å². The van der Waals surface area contributed by atoms with Gasteiger partial charge in [0.05, 0.1) is 0 Å². The summed E-state index contributed by atoms with van der Waals surface area (Å²) in [6.45, 7) is 1.82. The number of ether oxygens (including phenoxy) is 1. The number of hydrogen-bond acceptors (Lipinski definition) is 5. The quantitative estimate of drug-likeness (QED) is 0.777. The first-order valence-corrected chi connectivity index (χ1v) is 6.21. The van der Waals surface area contributed by atoms with E-state index in [9.17, 15) is 9.59 Å². The Kier molecular flexibility index (Phi) is 6.32. The zero-order valence-corrected chi connectivity index (χ0v) is 11.4. The number of benzene rings is 1. The Morgan fingerprint density at radius 2 is 2.05 bits per heavy atom. The Balaban J connectivity index is 2.32. The first-order valence-electron chi connectivity index (χ1n) is 5.83. The van der Waals surface area contributed by atoms with Crippen molar-refractivity contribution < 1.29 is 19.2 Å². The van der Waals surface area contributed by atoms with E-state index < -0.39 is 5.97 Å². The van der Waals surface area contributed by atoms with Crippen LogP contribution in [0.15, 0.2) is 18.2 Å². The maximum Gasteiger partial charge on any atom is 0.324 e. The minimum Gasteiger partial charge on any atom is -0.486 e. The van der Waals surface area contributed by atoms with Gasteiger partial charge in [-0.15, -0.1) is 0 Å². The summed E-state index contributed by atoms with van der Waals surface area (Å²) in [4.78, 5) is 26.3. The van der Waals surface area contributed by atoms with Gasteiger partial charge in [0, 0.05) is 17.9 Å². The standard InChI is InChI=1S/C13H16ClNO4/c1-9-7-10(14)5-6-12(9)18-8-11(16)3-2-4-13(17)19-15/h5-7H,2-4,8,15H2,1H3. The number of Topliss-reactive ketones (excluding diaryl/α,β-unsaturated/α-hetero) is 1. The Hall–Kier alpha value is -1.59. The Morgan fingerprint density at radius 3 is 2.68 bits per heavy atom. The van der Waals surface area contributed by atoms with E-state index >= 15 is 0 Å². The van der Waals surface area contributed by atoms with Gasteiger partial charge in [0.1, 0.15) is 12.4 Å². The second kappa shape index (κ2) is 7.76. The summed E-state index contributed by atoms with van der Waals surface area (Å²) in [7, 11) is 0. The smallest absolute Gasteiger partial charge is 0.324 e. The molecule has 0 fully saturated rings. The average Bonchev–Trinajstić information content (AvgIpc) is 2.37. The SMILES string of the molecule is Cc1cc(Cl)ccc1OCC(=O)CCCC(=O)ON. The predicted molar refractivity (Wildman–Crippen MR) is 70.8 cm³/mol. The number of ketones is 1.